The first-order chi connectivity index (χ1) is 26.9. The summed E-state index contributed by atoms with van der Waals surface area (Å²) in [7, 11) is 5.49. The molecule has 0 spiro atoms. The van der Waals surface area contributed by atoms with Crippen LogP contribution in [-0.2, 0) is 33.2 Å². The van der Waals surface area contributed by atoms with Crippen LogP contribution >= 0.6 is 0 Å². The number of nitrogens with one attached hydrogen (secondary N) is 1. The highest BCUT2D eigenvalue weighted by atomic mass is 16.7. The molecular formula is C44H83N3O11. The maximum atomic E-state index is 14.5. The van der Waals surface area contributed by atoms with Crippen LogP contribution in [0.2, 0.25) is 0 Å². The molecule has 4 aliphatic heterocycles. The number of piperidine rings is 1. The fourth-order valence-electron chi connectivity index (χ4n) is 10.5. The Morgan fingerprint density at radius 3 is 2.16 bits per heavy atom. The number of hydrogen-bond acceptors (Lipinski definition) is 14. The van der Waals surface area contributed by atoms with Gasteiger partial charge in [0.05, 0.1) is 36.4 Å². The molecular weight excluding hydrogens is 746 g/mol. The van der Waals surface area contributed by atoms with E-state index >= 15 is 0 Å². The van der Waals surface area contributed by atoms with Crippen LogP contribution in [0.4, 0.5) is 0 Å². The highest BCUT2D eigenvalue weighted by molar-refractivity contribution is 5.73. The highest BCUT2D eigenvalue weighted by Gasteiger charge is 2.59. The number of esters is 1. The fourth-order valence-corrected chi connectivity index (χ4v) is 10.5. The molecule has 0 aromatic heterocycles. The molecule has 340 valence electrons. The highest BCUT2D eigenvalue weighted by Crippen LogP contribution is 2.45. The molecule has 4 aliphatic rings. The Labute approximate surface area is 349 Å². The van der Waals surface area contributed by atoms with Crippen molar-refractivity contribution in [2.45, 2.75) is 205 Å². The van der Waals surface area contributed by atoms with Crippen molar-refractivity contribution in [3.8, 4) is 0 Å². The summed E-state index contributed by atoms with van der Waals surface area (Å²) in [4.78, 5) is 18.7. The molecule has 17 atom stereocenters. The van der Waals surface area contributed by atoms with Crippen molar-refractivity contribution in [2.24, 2.45) is 23.2 Å². The van der Waals surface area contributed by atoms with E-state index in [2.05, 4.69) is 31.0 Å². The molecule has 4 fully saturated rings. The van der Waals surface area contributed by atoms with Crippen LogP contribution in [0.5, 0.6) is 0 Å². The van der Waals surface area contributed by atoms with E-state index in [-0.39, 0.29) is 36.9 Å². The molecule has 14 heteroatoms. The summed E-state index contributed by atoms with van der Waals surface area (Å²) in [5, 5.41) is 50.9. The number of aliphatic hydroxyl groups excluding tert-OH is 2. The first kappa shape index (κ1) is 49.6. The van der Waals surface area contributed by atoms with Crippen molar-refractivity contribution >= 4 is 5.97 Å². The number of likely N-dealkylation sites (tertiary alicyclic amines) is 1. The van der Waals surface area contributed by atoms with Crippen molar-refractivity contribution in [2.75, 3.05) is 47.4 Å². The number of carbonyl (C=O) groups excluding carboxylic acids is 1. The van der Waals surface area contributed by atoms with Crippen LogP contribution in [0.3, 0.4) is 0 Å². The van der Waals surface area contributed by atoms with Gasteiger partial charge >= 0.3 is 5.97 Å². The van der Waals surface area contributed by atoms with Gasteiger partial charge in [0.1, 0.15) is 29.0 Å². The van der Waals surface area contributed by atoms with Gasteiger partial charge in [-0.05, 0) is 112 Å². The predicted octanol–water partition coefficient (Wildman–Crippen LogP) is 3.69. The molecule has 5 N–H and O–H groups in total. The minimum absolute atomic E-state index is 0.0529. The number of carbonyl (C=O) groups is 1. The largest absolute Gasteiger partial charge is 0.459 e. The minimum Gasteiger partial charge on any atom is -0.459 e. The van der Waals surface area contributed by atoms with Gasteiger partial charge in [0, 0.05) is 44.6 Å². The SMILES string of the molecule is CC[C@H]1OC(=O)[C@H](C)[C@H](O[C@@H]2C[C@](C)(OC)[C@@](O)(CN3CCCCC3)[C@H](C)O2)[C@H](C)[C@@H](O[C@@H]2O[C@H](C)C[C@H](N(C)C)[C@H]2O)C(C)(C)C[C@@H](C)NC[C@H](C)[C@@H](O)[C@]1(C)O. The Morgan fingerprint density at radius 2 is 1.57 bits per heavy atom. The number of rotatable bonds is 9. The van der Waals surface area contributed by atoms with Gasteiger partial charge in [-0.15, -0.1) is 0 Å². The zero-order chi connectivity index (χ0) is 43.5. The van der Waals surface area contributed by atoms with Gasteiger partial charge in [-0.2, -0.15) is 0 Å². The van der Waals surface area contributed by atoms with Gasteiger partial charge in [0.2, 0.25) is 0 Å². The van der Waals surface area contributed by atoms with E-state index in [0.717, 1.165) is 25.9 Å². The van der Waals surface area contributed by atoms with E-state index in [9.17, 15) is 25.2 Å². The zero-order valence-corrected chi connectivity index (χ0v) is 38.4. The van der Waals surface area contributed by atoms with Gasteiger partial charge in [-0.3, -0.25) is 4.79 Å². The Morgan fingerprint density at radius 1 is 0.931 bits per heavy atom. The van der Waals surface area contributed by atoms with Gasteiger partial charge < -0.3 is 64.0 Å². The second-order valence-corrected chi connectivity index (χ2v) is 20.0. The third kappa shape index (κ3) is 10.9. The van der Waals surface area contributed by atoms with E-state index in [1.54, 1.807) is 14.0 Å². The molecule has 0 amide bonds. The summed E-state index contributed by atoms with van der Waals surface area (Å²) in [6, 6.07) is -0.252. The number of ether oxygens (including phenoxy) is 6. The average Bonchev–Trinajstić information content (AvgIpc) is 3.15. The third-order valence-corrected chi connectivity index (χ3v) is 14.4. The topological polar surface area (TPSA) is 172 Å². The van der Waals surface area contributed by atoms with Crippen molar-refractivity contribution < 1.29 is 53.6 Å². The van der Waals surface area contributed by atoms with Crippen LogP contribution in [0.1, 0.15) is 121 Å². The summed E-state index contributed by atoms with van der Waals surface area (Å²) < 4.78 is 39.3. The molecule has 4 rings (SSSR count). The molecule has 0 aliphatic carbocycles. The summed E-state index contributed by atoms with van der Waals surface area (Å²) in [5.41, 5.74) is -4.74. The minimum atomic E-state index is -1.74. The van der Waals surface area contributed by atoms with Crippen LogP contribution in [-0.4, -0.2) is 168 Å². The first-order valence-corrected chi connectivity index (χ1v) is 22.2. The molecule has 0 unspecified atom stereocenters. The quantitative estimate of drug-likeness (QED) is 0.213. The summed E-state index contributed by atoms with van der Waals surface area (Å²) in [6.45, 7) is 23.6. The van der Waals surface area contributed by atoms with E-state index in [4.69, 9.17) is 28.4 Å². The Kier molecular flexibility index (Phi) is 17.1. The van der Waals surface area contributed by atoms with Gasteiger partial charge in [-0.25, -0.2) is 0 Å². The molecule has 0 radical (unpaired) electrons. The molecule has 0 saturated carbocycles. The lowest BCUT2D eigenvalue weighted by atomic mass is 9.72. The van der Waals surface area contributed by atoms with E-state index in [0.29, 0.717) is 25.9 Å². The van der Waals surface area contributed by atoms with Gasteiger partial charge in [-0.1, -0.05) is 41.0 Å². The maximum Gasteiger partial charge on any atom is 0.311 e. The zero-order valence-electron chi connectivity index (χ0n) is 38.4. The normalized spacial score (nSPS) is 46.9. The lowest BCUT2D eigenvalue weighted by Gasteiger charge is -2.55. The maximum absolute atomic E-state index is 14.5. The van der Waals surface area contributed by atoms with Gasteiger partial charge in [0.15, 0.2) is 12.6 Å². The van der Waals surface area contributed by atoms with E-state index in [1.807, 2.05) is 60.5 Å². The second kappa shape index (κ2) is 20.0. The number of methoxy groups -OCH3 is 1. The Balaban J connectivity index is 1.79. The van der Waals surface area contributed by atoms with Crippen molar-refractivity contribution in [3.63, 3.8) is 0 Å². The number of hydrogen-bond donors (Lipinski definition) is 5. The standard InChI is InChI=1S/C44H83N3O11/c1-15-33-43(11,51)37(49)26(2)24-45-27(3)22-41(8,9)38(58-40-35(48)32(46(12)13)21-28(4)54-40)29(5)36(30(6)39(50)56-33)57-34-23-42(10,53-14)44(52,31(7)55-34)25-47-19-17-16-18-20-47/h26-38,40,45,48-49,51-52H,15-25H2,1-14H3/t26-,27+,28+,29-,30+,31-,32-,33+,34+,35+,36+,37+,38+,40-,42-,43+,44+/m0/s1. The summed E-state index contributed by atoms with van der Waals surface area (Å²) >= 11 is 0. The lowest BCUT2D eigenvalue weighted by molar-refractivity contribution is -0.338. The molecule has 58 heavy (non-hydrogen) atoms. The fraction of sp³-hybridized carbons (Fsp3) is 0.977. The predicted molar refractivity (Wildman–Crippen MR) is 222 cm³/mol. The second-order valence-electron chi connectivity index (χ2n) is 20.0. The van der Waals surface area contributed by atoms with Crippen molar-refractivity contribution in [1.82, 2.24) is 15.1 Å². The Hall–Kier alpha value is -1.01. The lowest BCUT2D eigenvalue weighted by Crippen LogP contribution is -2.70. The number of β-amino-alcohol motifs (C(OH)–C–C–N with tert-alkyl or cyclic N) is 1. The summed E-state index contributed by atoms with van der Waals surface area (Å²) in [5.74, 6) is -2.41. The van der Waals surface area contributed by atoms with Crippen LogP contribution in [0.15, 0.2) is 0 Å². The molecule has 0 bridgehead atoms. The molecule has 4 heterocycles. The van der Waals surface area contributed by atoms with Crippen molar-refractivity contribution in [3.05, 3.63) is 0 Å². The van der Waals surface area contributed by atoms with Crippen molar-refractivity contribution in [1.29, 1.82) is 0 Å². The monoisotopic (exact) mass is 830 g/mol. The molecule has 14 nitrogen and oxygen atoms in total. The number of aliphatic hydroxyl groups is 4. The van der Waals surface area contributed by atoms with Gasteiger partial charge in [0.25, 0.3) is 0 Å². The third-order valence-electron chi connectivity index (χ3n) is 14.4. The number of likely N-dealkylation sites (N-methyl/N-ethyl adjacent to an activating group) is 1. The Bertz CT molecular complexity index is 1300. The van der Waals surface area contributed by atoms with Crippen LogP contribution in [0.25, 0.3) is 0 Å². The van der Waals surface area contributed by atoms with Crippen LogP contribution in [0, 0.1) is 23.2 Å². The van der Waals surface area contributed by atoms with E-state index < -0.39 is 89.2 Å². The summed E-state index contributed by atoms with van der Waals surface area (Å²) in [6.07, 6.45) is -2.35. The molecule has 0 aromatic rings. The smallest absolute Gasteiger partial charge is 0.311 e. The first-order valence-electron chi connectivity index (χ1n) is 22.2. The average molecular weight is 830 g/mol. The molecule has 4 saturated heterocycles. The number of nitrogens with zero attached hydrogens (tertiary/aromatic N) is 2. The van der Waals surface area contributed by atoms with Crippen LogP contribution < -0.4 is 5.32 Å². The number of cyclic esters (lactones) is 1. The molecule has 0 aromatic carbocycles. The van der Waals surface area contributed by atoms with E-state index in [1.165, 1.54) is 13.3 Å².